The summed E-state index contributed by atoms with van der Waals surface area (Å²) in [5, 5.41) is 2.49. The number of nitrogens with one attached hydrogen (secondary N) is 1. The Hall–Kier alpha value is -1.93. The summed E-state index contributed by atoms with van der Waals surface area (Å²) in [5.74, 6) is -1.01. The summed E-state index contributed by atoms with van der Waals surface area (Å²) in [6, 6.07) is 4.90. The van der Waals surface area contributed by atoms with E-state index in [1.807, 2.05) is 0 Å². The van der Waals surface area contributed by atoms with Gasteiger partial charge in [-0.05, 0) is 44.0 Å². The highest BCUT2D eigenvalue weighted by molar-refractivity contribution is 7.89. The summed E-state index contributed by atoms with van der Waals surface area (Å²) in [5.41, 5.74) is 0.279. The van der Waals surface area contributed by atoms with Gasteiger partial charge in [-0.3, -0.25) is 4.79 Å². The standard InChI is InChI=1S/C15H20N2O5S/c1-11(15(19)22-2)16-14(18)12-5-7-13(8-6-12)23(20,21)17-9-3-4-10-17/h5-8,11H,3-4,9-10H2,1-2H3,(H,16,18)/t11-/m0/s1. The van der Waals surface area contributed by atoms with Crippen molar-refractivity contribution < 1.29 is 22.7 Å². The average molecular weight is 340 g/mol. The minimum absolute atomic E-state index is 0.164. The molecule has 1 aliphatic heterocycles. The molecular weight excluding hydrogens is 320 g/mol. The summed E-state index contributed by atoms with van der Waals surface area (Å²) in [6.07, 6.45) is 1.73. The minimum Gasteiger partial charge on any atom is -0.467 e. The second-order valence-electron chi connectivity index (χ2n) is 5.35. The highest BCUT2D eigenvalue weighted by Crippen LogP contribution is 2.21. The molecule has 8 heteroatoms. The molecule has 0 aromatic heterocycles. The number of ether oxygens (including phenoxy) is 1. The van der Waals surface area contributed by atoms with Gasteiger partial charge in [-0.2, -0.15) is 4.31 Å². The zero-order valence-electron chi connectivity index (χ0n) is 13.1. The number of nitrogens with zero attached hydrogens (tertiary/aromatic N) is 1. The van der Waals surface area contributed by atoms with Crippen LogP contribution in [0.3, 0.4) is 0 Å². The van der Waals surface area contributed by atoms with Gasteiger partial charge >= 0.3 is 5.97 Å². The fourth-order valence-corrected chi connectivity index (χ4v) is 3.89. The van der Waals surface area contributed by atoms with Gasteiger partial charge in [0.05, 0.1) is 12.0 Å². The number of hydrogen-bond acceptors (Lipinski definition) is 5. The predicted molar refractivity (Wildman–Crippen MR) is 83.4 cm³/mol. The molecule has 1 heterocycles. The van der Waals surface area contributed by atoms with Gasteiger partial charge in [-0.15, -0.1) is 0 Å². The van der Waals surface area contributed by atoms with Crippen LogP contribution in [0.1, 0.15) is 30.1 Å². The van der Waals surface area contributed by atoms with Crippen molar-refractivity contribution in [2.24, 2.45) is 0 Å². The van der Waals surface area contributed by atoms with Gasteiger partial charge in [-0.25, -0.2) is 13.2 Å². The van der Waals surface area contributed by atoms with Crippen LogP contribution in [0.15, 0.2) is 29.2 Å². The van der Waals surface area contributed by atoms with Crippen LogP contribution < -0.4 is 5.32 Å². The number of hydrogen-bond donors (Lipinski definition) is 1. The lowest BCUT2D eigenvalue weighted by Gasteiger charge is -2.16. The lowest BCUT2D eigenvalue weighted by molar-refractivity contribution is -0.142. The van der Waals surface area contributed by atoms with Gasteiger partial charge in [0, 0.05) is 18.7 Å². The van der Waals surface area contributed by atoms with Crippen LogP contribution in [0.2, 0.25) is 0 Å². The molecule has 1 fully saturated rings. The van der Waals surface area contributed by atoms with Crippen molar-refractivity contribution in [2.45, 2.75) is 30.7 Å². The molecule has 2 rings (SSSR count). The highest BCUT2D eigenvalue weighted by atomic mass is 32.2. The maximum absolute atomic E-state index is 12.4. The summed E-state index contributed by atoms with van der Waals surface area (Å²) >= 11 is 0. The van der Waals surface area contributed by atoms with Crippen LogP contribution in [0.25, 0.3) is 0 Å². The van der Waals surface area contributed by atoms with Crippen LogP contribution in [0, 0.1) is 0 Å². The molecule has 0 unspecified atom stereocenters. The van der Waals surface area contributed by atoms with E-state index in [1.54, 1.807) is 0 Å². The van der Waals surface area contributed by atoms with E-state index in [4.69, 9.17) is 0 Å². The fourth-order valence-electron chi connectivity index (χ4n) is 2.37. The van der Waals surface area contributed by atoms with Crippen molar-refractivity contribution in [3.63, 3.8) is 0 Å². The van der Waals surface area contributed by atoms with E-state index in [0.29, 0.717) is 13.1 Å². The van der Waals surface area contributed by atoms with Crippen LogP contribution in [0.5, 0.6) is 0 Å². The minimum atomic E-state index is -3.49. The monoisotopic (exact) mass is 340 g/mol. The van der Waals surface area contributed by atoms with Gasteiger partial charge < -0.3 is 10.1 Å². The third-order valence-corrected chi connectivity index (χ3v) is 5.63. The van der Waals surface area contributed by atoms with E-state index in [0.717, 1.165) is 12.8 Å². The Balaban J connectivity index is 2.10. The van der Waals surface area contributed by atoms with E-state index in [1.165, 1.54) is 42.6 Å². The maximum atomic E-state index is 12.4. The van der Waals surface area contributed by atoms with Crippen LogP contribution >= 0.6 is 0 Å². The van der Waals surface area contributed by atoms with E-state index in [-0.39, 0.29) is 10.5 Å². The molecule has 7 nitrogen and oxygen atoms in total. The molecule has 1 saturated heterocycles. The Labute approximate surface area is 135 Å². The van der Waals surface area contributed by atoms with Crippen LogP contribution in [-0.2, 0) is 19.6 Å². The average Bonchev–Trinajstić information content (AvgIpc) is 3.09. The molecule has 1 atom stereocenters. The first-order valence-electron chi connectivity index (χ1n) is 7.35. The SMILES string of the molecule is COC(=O)[C@H](C)NC(=O)c1ccc(S(=O)(=O)N2CCCC2)cc1. The molecule has 0 saturated carbocycles. The first-order chi connectivity index (χ1) is 10.9. The molecule has 1 N–H and O–H groups in total. The second-order valence-corrected chi connectivity index (χ2v) is 7.29. The largest absolute Gasteiger partial charge is 0.467 e. The van der Waals surface area contributed by atoms with Crippen molar-refractivity contribution in [1.82, 2.24) is 9.62 Å². The van der Waals surface area contributed by atoms with Gasteiger partial charge in [0.25, 0.3) is 5.91 Å². The normalized spacial score (nSPS) is 16.8. The van der Waals surface area contributed by atoms with E-state index >= 15 is 0 Å². The summed E-state index contributed by atoms with van der Waals surface area (Å²) < 4.78 is 30.7. The quantitative estimate of drug-likeness (QED) is 0.799. The fraction of sp³-hybridized carbons (Fsp3) is 0.467. The molecular formula is C15H20N2O5S. The molecule has 1 amide bonds. The Morgan fingerprint density at radius 3 is 2.26 bits per heavy atom. The van der Waals surface area contributed by atoms with E-state index < -0.39 is 27.9 Å². The van der Waals surface area contributed by atoms with Gasteiger partial charge in [0.15, 0.2) is 0 Å². The van der Waals surface area contributed by atoms with Crippen molar-refractivity contribution >= 4 is 21.9 Å². The molecule has 1 aromatic rings. The maximum Gasteiger partial charge on any atom is 0.328 e. The van der Waals surface area contributed by atoms with Gasteiger partial charge in [0.1, 0.15) is 6.04 Å². The lowest BCUT2D eigenvalue weighted by Crippen LogP contribution is -2.39. The summed E-state index contributed by atoms with van der Waals surface area (Å²) in [4.78, 5) is 23.5. The number of amides is 1. The molecule has 0 radical (unpaired) electrons. The van der Waals surface area contributed by atoms with Gasteiger partial charge in [0.2, 0.25) is 10.0 Å². The number of esters is 1. The zero-order valence-corrected chi connectivity index (χ0v) is 13.9. The number of carbonyl (C=O) groups excluding carboxylic acids is 2. The molecule has 0 bridgehead atoms. The lowest BCUT2D eigenvalue weighted by atomic mass is 10.2. The third-order valence-electron chi connectivity index (χ3n) is 3.72. The molecule has 1 aliphatic rings. The van der Waals surface area contributed by atoms with Crippen LogP contribution in [0.4, 0.5) is 0 Å². The zero-order chi connectivity index (χ0) is 17.0. The molecule has 0 aliphatic carbocycles. The number of sulfonamides is 1. The van der Waals surface area contributed by atoms with E-state index in [2.05, 4.69) is 10.1 Å². The van der Waals surface area contributed by atoms with E-state index in [9.17, 15) is 18.0 Å². The Morgan fingerprint density at radius 1 is 1.17 bits per heavy atom. The van der Waals surface area contributed by atoms with Crippen molar-refractivity contribution in [1.29, 1.82) is 0 Å². The topological polar surface area (TPSA) is 92.8 Å². The number of carbonyl (C=O) groups is 2. The third kappa shape index (κ3) is 3.89. The molecule has 0 spiro atoms. The Bertz CT molecular complexity index is 678. The summed E-state index contributed by atoms with van der Waals surface area (Å²) in [7, 11) is -2.26. The molecule has 23 heavy (non-hydrogen) atoms. The summed E-state index contributed by atoms with van der Waals surface area (Å²) in [6.45, 7) is 2.57. The number of benzene rings is 1. The smallest absolute Gasteiger partial charge is 0.328 e. The predicted octanol–water partition coefficient (Wildman–Crippen LogP) is 0.762. The second kappa shape index (κ2) is 7.10. The Kier molecular flexibility index (Phi) is 5.38. The first-order valence-corrected chi connectivity index (χ1v) is 8.79. The van der Waals surface area contributed by atoms with Crippen molar-refractivity contribution in [3.8, 4) is 0 Å². The molecule has 126 valence electrons. The highest BCUT2D eigenvalue weighted by Gasteiger charge is 2.27. The Morgan fingerprint density at radius 2 is 1.74 bits per heavy atom. The molecule has 1 aromatic carbocycles. The van der Waals surface area contributed by atoms with Crippen molar-refractivity contribution in [2.75, 3.05) is 20.2 Å². The number of rotatable bonds is 5. The number of methoxy groups -OCH3 is 1. The van der Waals surface area contributed by atoms with Gasteiger partial charge in [-0.1, -0.05) is 0 Å². The van der Waals surface area contributed by atoms with Crippen molar-refractivity contribution in [3.05, 3.63) is 29.8 Å². The van der Waals surface area contributed by atoms with Crippen LogP contribution in [-0.4, -0.2) is 50.8 Å². The first kappa shape index (κ1) is 17.4.